The van der Waals surface area contributed by atoms with Crippen molar-refractivity contribution in [1.82, 2.24) is 15.0 Å². The summed E-state index contributed by atoms with van der Waals surface area (Å²) in [7, 11) is 0. The second-order valence-corrected chi connectivity index (χ2v) is 7.82. The normalized spacial score (nSPS) is 10.4. The third-order valence-corrected chi connectivity index (χ3v) is 5.03. The molecule has 0 aliphatic rings. The number of aromatic nitrogens is 3. The first kappa shape index (κ1) is 23.3. The molecule has 164 valence electrons. The van der Waals surface area contributed by atoms with Crippen molar-refractivity contribution in [3.8, 4) is 22.4 Å². The predicted octanol–water partition coefficient (Wildman–Crippen LogP) is 7.22. The van der Waals surface area contributed by atoms with Crippen LogP contribution in [-0.4, -0.2) is 15.0 Å². The Bertz CT molecular complexity index is 1170. The quantitative estimate of drug-likeness (QED) is 0.337. The zero-order valence-corrected chi connectivity index (χ0v) is 19.3. The van der Waals surface area contributed by atoms with E-state index in [1.165, 1.54) is 23.6 Å². The summed E-state index contributed by atoms with van der Waals surface area (Å²) in [4.78, 5) is 13.2. The lowest BCUT2D eigenvalue weighted by Crippen LogP contribution is -1.98. The minimum absolute atomic E-state index is 0.274. The van der Waals surface area contributed by atoms with Crippen molar-refractivity contribution < 1.29 is 4.39 Å². The number of nitrogens with zero attached hydrogens (tertiary/aromatic N) is 3. The van der Waals surface area contributed by atoms with Crippen LogP contribution in [-0.2, 0) is 12.8 Å². The van der Waals surface area contributed by atoms with Crippen LogP contribution >= 0.6 is 0 Å². The van der Waals surface area contributed by atoms with Gasteiger partial charge in [0.1, 0.15) is 5.82 Å². The first-order valence-electron chi connectivity index (χ1n) is 11.1. The number of rotatable bonds is 5. The molecule has 0 spiro atoms. The standard InChI is InChI=1S/C25H22FN3.C3H8/c1-3-19-16-29-17(2)10-21(19)11-18-12-22(15-27-14-18)20-8-9-28-25(13-20)23-6-4-5-7-24(23)26;1-3-2/h4-10,12-16H,3,11H2,1-2H3;3H2,1-2H3. The molecular weight excluding hydrogens is 397 g/mol. The summed E-state index contributed by atoms with van der Waals surface area (Å²) in [5.74, 6) is -0.274. The Morgan fingerprint density at radius 3 is 2.34 bits per heavy atom. The highest BCUT2D eigenvalue weighted by Gasteiger charge is 2.09. The van der Waals surface area contributed by atoms with Crippen LogP contribution in [0.1, 0.15) is 49.6 Å². The molecule has 3 aromatic heterocycles. The molecule has 0 atom stereocenters. The SMILES string of the molecule is CCC.CCc1cnc(C)cc1Cc1cncc(-c2ccnc(-c3ccccc3F)c2)c1. The number of hydrogen-bond donors (Lipinski definition) is 0. The zero-order valence-electron chi connectivity index (χ0n) is 19.3. The summed E-state index contributed by atoms with van der Waals surface area (Å²) in [6.45, 7) is 8.41. The van der Waals surface area contributed by atoms with E-state index in [2.05, 4.69) is 47.9 Å². The summed E-state index contributed by atoms with van der Waals surface area (Å²) in [5, 5.41) is 0. The number of halogens is 1. The van der Waals surface area contributed by atoms with Gasteiger partial charge in [-0.1, -0.05) is 39.3 Å². The smallest absolute Gasteiger partial charge is 0.132 e. The molecule has 0 saturated heterocycles. The van der Waals surface area contributed by atoms with Crippen molar-refractivity contribution in [3.63, 3.8) is 0 Å². The van der Waals surface area contributed by atoms with Crippen molar-refractivity contribution in [3.05, 3.63) is 102 Å². The van der Waals surface area contributed by atoms with E-state index in [-0.39, 0.29) is 5.82 Å². The highest BCUT2D eigenvalue weighted by atomic mass is 19.1. The Morgan fingerprint density at radius 1 is 0.812 bits per heavy atom. The van der Waals surface area contributed by atoms with Crippen LogP contribution < -0.4 is 0 Å². The summed E-state index contributed by atoms with van der Waals surface area (Å²) in [5.41, 5.74) is 7.76. The topological polar surface area (TPSA) is 38.7 Å². The summed E-state index contributed by atoms with van der Waals surface area (Å²) in [6.07, 6.45) is 10.4. The molecule has 0 aliphatic carbocycles. The van der Waals surface area contributed by atoms with Gasteiger partial charge in [0.15, 0.2) is 0 Å². The van der Waals surface area contributed by atoms with Crippen molar-refractivity contribution in [2.45, 2.75) is 47.0 Å². The molecule has 0 N–H and O–H groups in total. The van der Waals surface area contributed by atoms with Crippen LogP contribution in [0, 0.1) is 12.7 Å². The summed E-state index contributed by atoms with van der Waals surface area (Å²) < 4.78 is 14.2. The summed E-state index contributed by atoms with van der Waals surface area (Å²) >= 11 is 0. The van der Waals surface area contributed by atoms with Crippen LogP contribution in [0.5, 0.6) is 0 Å². The predicted molar refractivity (Wildman–Crippen MR) is 130 cm³/mol. The Kier molecular flexibility index (Phi) is 8.20. The highest BCUT2D eigenvalue weighted by Crippen LogP contribution is 2.27. The van der Waals surface area contributed by atoms with E-state index in [0.29, 0.717) is 11.3 Å². The maximum Gasteiger partial charge on any atom is 0.132 e. The van der Waals surface area contributed by atoms with Gasteiger partial charge < -0.3 is 0 Å². The van der Waals surface area contributed by atoms with Gasteiger partial charge in [-0.2, -0.15) is 0 Å². The molecule has 0 bridgehead atoms. The zero-order chi connectivity index (χ0) is 22.9. The molecule has 4 rings (SSSR count). The Labute approximate surface area is 190 Å². The average molecular weight is 428 g/mol. The fourth-order valence-corrected chi connectivity index (χ4v) is 3.52. The van der Waals surface area contributed by atoms with Crippen molar-refractivity contribution in [2.75, 3.05) is 0 Å². The number of aryl methyl sites for hydroxylation is 2. The van der Waals surface area contributed by atoms with Crippen LogP contribution in [0.2, 0.25) is 0 Å². The van der Waals surface area contributed by atoms with E-state index in [9.17, 15) is 4.39 Å². The van der Waals surface area contributed by atoms with E-state index in [1.807, 2.05) is 43.7 Å². The molecule has 4 heteroatoms. The molecule has 1 aromatic carbocycles. The second kappa shape index (κ2) is 11.3. The van der Waals surface area contributed by atoms with E-state index < -0.39 is 0 Å². The molecule has 0 aliphatic heterocycles. The molecule has 0 fully saturated rings. The van der Waals surface area contributed by atoms with Gasteiger partial charge in [-0.15, -0.1) is 0 Å². The summed E-state index contributed by atoms with van der Waals surface area (Å²) in [6, 6.07) is 14.8. The van der Waals surface area contributed by atoms with Gasteiger partial charge in [-0.05, 0) is 78.4 Å². The largest absolute Gasteiger partial charge is 0.264 e. The lowest BCUT2D eigenvalue weighted by molar-refractivity contribution is 0.631. The lowest BCUT2D eigenvalue weighted by Gasteiger charge is -2.10. The molecule has 0 amide bonds. The van der Waals surface area contributed by atoms with E-state index in [1.54, 1.807) is 18.3 Å². The van der Waals surface area contributed by atoms with Gasteiger partial charge >= 0.3 is 0 Å². The highest BCUT2D eigenvalue weighted by molar-refractivity contribution is 5.70. The maximum absolute atomic E-state index is 14.2. The molecule has 32 heavy (non-hydrogen) atoms. The van der Waals surface area contributed by atoms with Gasteiger partial charge in [0.05, 0.1) is 5.69 Å². The minimum atomic E-state index is -0.274. The first-order chi connectivity index (χ1) is 15.5. The molecule has 0 radical (unpaired) electrons. The van der Waals surface area contributed by atoms with Gasteiger partial charge in [-0.25, -0.2) is 4.39 Å². The van der Waals surface area contributed by atoms with Crippen LogP contribution in [0.3, 0.4) is 0 Å². The molecule has 4 aromatic rings. The Morgan fingerprint density at radius 2 is 1.59 bits per heavy atom. The van der Waals surface area contributed by atoms with Crippen LogP contribution in [0.15, 0.2) is 73.3 Å². The van der Waals surface area contributed by atoms with E-state index in [0.717, 1.165) is 35.2 Å². The third kappa shape index (κ3) is 5.85. The lowest BCUT2D eigenvalue weighted by atomic mass is 9.98. The van der Waals surface area contributed by atoms with Gasteiger partial charge in [0, 0.05) is 41.6 Å². The van der Waals surface area contributed by atoms with E-state index >= 15 is 0 Å². The fourth-order valence-electron chi connectivity index (χ4n) is 3.52. The first-order valence-corrected chi connectivity index (χ1v) is 11.1. The third-order valence-electron chi connectivity index (χ3n) is 5.03. The Hall–Kier alpha value is -3.40. The van der Waals surface area contributed by atoms with Crippen molar-refractivity contribution in [2.24, 2.45) is 0 Å². The Balaban J connectivity index is 0.000000913. The molecule has 3 nitrogen and oxygen atoms in total. The minimum Gasteiger partial charge on any atom is -0.264 e. The average Bonchev–Trinajstić information content (AvgIpc) is 2.80. The van der Waals surface area contributed by atoms with Gasteiger partial charge in [-0.3, -0.25) is 15.0 Å². The van der Waals surface area contributed by atoms with Crippen LogP contribution in [0.4, 0.5) is 4.39 Å². The van der Waals surface area contributed by atoms with E-state index in [4.69, 9.17) is 0 Å². The van der Waals surface area contributed by atoms with Gasteiger partial charge in [0.25, 0.3) is 0 Å². The van der Waals surface area contributed by atoms with Gasteiger partial charge in [0.2, 0.25) is 0 Å². The molecule has 0 unspecified atom stereocenters. The monoisotopic (exact) mass is 427 g/mol. The molecule has 3 heterocycles. The number of pyridine rings is 3. The molecule has 0 saturated carbocycles. The number of benzene rings is 1. The second-order valence-electron chi connectivity index (χ2n) is 7.82. The van der Waals surface area contributed by atoms with Crippen molar-refractivity contribution in [1.29, 1.82) is 0 Å². The number of hydrogen-bond acceptors (Lipinski definition) is 3. The van der Waals surface area contributed by atoms with Crippen LogP contribution in [0.25, 0.3) is 22.4 Å². The fraction of sp³-hybridized carbons (Fsp3) is 0.250. The van der Waals surface area contributed by atoms with Crippen molar-refractivity contribution >= 4 is 0 Å². The molecular formula is C28H30FN3. The maximum atomic E-state index is 14.2.